The van der Waals surface area contributed by atoms with Crippen molar-refractivity contribution in [3.05, 3.63) is 45.5 Å². The second-order valence-electron chi connectivity index (χ2n) is 8.66. The molecule has 1 aliphatic rings. The fourth-order valence-corrected chi connectivity index (χ4v) is 4.10. The zero-order chi connectivity index (χ0) is 28.5. The monoisotopic (exact) mass is 544 g/mol. The Morgan fingerprint density at radius 2 is 1.82 bits per heavy atom. The normalized spacial score (nSPS) is 15.3. The lowest BCUT2D eigenvalue weighted by atomic mass is 10.1. The summed E-state index contributed by atoms with van der Waals surface area (Å²) in [5.74, 6) is -2.19. The van der Waals surface area contributed by atoms with Gasteiger partial charge in [-0.05, 0) is 44.0 Å². The zero-order valence-corrected chi connectivity index (χ0v) is 22.1. The van der Waals surface area contributed by atoms with Gasteiger partial charge < -0.3 is 29.7 Å². The highest BCUT2D eigenvalue weighted by Gasteiger charge is 2.39. The Bertz CT molecular complexity index is 1210. The van der Waals surface area contributed by atoms with E-state index in [1.54, 1.807) is 6.92 Å². The number of nitrogen functional groups attached to an aromatic ring is 1. The molecule has 39 heavy (non-hydrogen) atoms. The Morgan fingerprint density at radius 1 is 1.13 bits per heavy atom. The number of carbonyl (C=O) groups excluding carboxylic acids is 3. The Hall–Kier alpha value is -4.49. The number of ether oxygens (including phenoxy) is 3. The highest BCUT2D eigenvalue weighted by Crippen LogP contribution is 2.35. The molecule has 2 aromatic rings. The highest BCUT2D eigenvalue weighted by molar-refractivity contribution is 5.96. The first-order chi connectivity index (χ1) is 18.7. The van der Waals surface area contributed by atoms with Crippen molar-refractivity contribution in [2.45, 2.75) is 39.2 Å². The van der Waals surface area contributed by atoms with Crippen LogP contribution in [0.1, 0.15) is 53.8 Å². The molecule has 14 nitrogen and oxygen atoms in total. The molecule has 3 rings (SSSR count). The Morgan fingerprint density at radius 3 is 2.44 bits per heavy atom. The number of nitro groups is 1. The van der Waals surface area contributed by atoms with E-state index >= 15 is 0 Å². The van der Waals surface area contributed by atoms with Crippen molar-refractivity contribution in [2.24, 2.45) is 0 Å². The van der Waals surface area contributed by atoms with E-state index in [2.05, 4.69) is 14.7 Å². The lowest BCUT2D eigenvalue weighted by Gasteiger charge is -2.30. The van der Waals surface area contributed by atoms with Gasteiger partial charge in [-0.1, -0.05) is 13.3 Å². The molecule has 1 aromatic carbocycles. The van der Waals surface area contributed by atoms with Gasteiger partial charge in [-0.3, -0.25) is 14.9 Å². The SMILES string of the molecule is CCCCOc1nc(N)c([N+](=O)[O-])c(N2CCCN(C(=O)c3ccc(C(=O)OC)cc3)CC2C(=O)OCC)n1. The summed E-state index contributed by atoms with van der Waals surface area (Å²) in [7, 11) is 1.26. The maximum absolute atomic E-state index is 13.4. The third kappa shape index (κ3) is 6.89. The summed E-state index contributed by atoms with van der Waals surface area (Å²) < 4.78 is 15.5. The standard InChI is InChI=1S/C25H32N6O8/c1-4-6-14-39-25-27-20(26)19(31(35)36)21(28-25)30-13-7-12-29(15-18(30)24(34)38-5-2)22(32)16-8-10-17(11-9-16)23(33)37-3/h8-11,18H,4-7,12-15H2,1-3H3,(H2,26,27,28). The number of aromatic nitrogens is 2. The van der Waals surface area contributed by atoms with E-state index in [0.717, 1.165) is 6.42 Å². The molecular formula is C25H32N6O8. The topological polar surface area (TPSA) is 180 Å². The average Bonchev–Trinajstić information content (AvgIpc) is 3.15. The smallest absolute Gasteiger partial charge is 0.353 e. The first-order valence-corrected chi connectivity index (χ1v) is 12.6. The summed E-state index contributed by atoms with van der Waals surface area (Å²) in [6.07, 6.45) is 1.92. The minimum Gasteiger partial charge on any atom is -0.465 e. The Kier molecular flexibility index (Phi) is 9.95. The summed E-state index contributed by atoms with van der Waals surface area (Å²) in [6.45, 7) is 4.20. The molecule has 0 bridgehead atoms. The second-order valence-corrected chi connectivity index (χ2v) is 8.66. The third-order valence-electron chi connectivity index (χ3n) is 6.05. The van der Waals surface area contributed by atoms with Gasteiger partial charge >= 0.3 is 23.6 Å². The van der Waals surface area contributed by atoms with Crippen LogP contribution in [-0.2, 0) is 14.3 Å². The van der Waals surface area contributed by atoms with E-state index in [-0.39, 0.29) is 56.1 Å². The van der Waals surface area contributed by atoms with E-state index in [9.17, 15) is 24.5 Å². The fraction of sp³-hybridized carbons (Fsp3) is 0.480. The minimum atomic E-state index is -1.12. The number of anilines is 2. The van der Waals surface area contributed by atoms with Crippen LogP contribution in [0, 0.1) is 10.1 Å². The van der Waals surface area contributed by atoms with Crippen molar-refractivity contribution in [3.8, 4) is 6.01 Å². The Labute approximate surface area is 225 Å². The van der Waals surface area contributed by atoms with Crippen LogP contribution in [-0.4, -0.2) is 83.6 Å². The van der Waals surface area contributed by atoms with E-state index in [0.29, 0.717) is 18.4 Å². The predicted octanol–water partition coefficient (Wildman–Crippen LogP) is 2.22. The lowest BCUT2D eigenvalue weighted by Crippen LogP contribution is -2.49. The number of hydrogen-bond acceptors (Lipinski definition) is 12. The second kappa shape index (κ2) is 13.3. The molecule has 1 fully saturated rings. The number of nitrogens with two attached hydrogens (primary N) is 1. The molecule has 2 N–H and O–H groups in total. The fourth-order valence-electron chi connectivity index (χ4n) is 4.10. The molecule has 1 unspecified atom stereocenters. The van der Waals surface area contributed by atoms with Crippen molar-refractivity contribution in [1.29, 1.82) is 0 Å². The summed E-state index contributed by atoms with van der Waals surface area (Å²) in [4.78, 5) is 60.6. The Balaban J connectivity index is 1.98. The maximum atomic E-state index is 13.4. The number of rotatable bonds is 10. The average molecular weight is 545 g/mol. The molecule has 1 atom stereocenters. The quantitative estimate of drug-likeness (QED) is 0.200. The molecule has 14 heteroatoms. The van der Waals surface area contributed by atoms with Crippen LogP contribution < -0.4 is 15.4 Å². The molecule has 0 aliphatic carbocycles. The highest BCUT2D eigenvalue weighted by atomic mass is 16.6. The molecular weight excluding hydrogens is 512 g/mol. The summed E-state index contributed by atoms with van der Waals surface area (Å²) >= 11 is 0. The van der Waals surface area contributed by atoms with Crippen LogP contribution in [0.5, 0.6) is 6.01 Å². The van der Waals surface area contributed by atoms with Crippen LogP contribution >= 0.6 is 0 Å². The van der Waals surface area contributed by atoms with Gasteiger partial charge in [0, 0.05) is 18.7 Å². The van der Waals surface area contributed by atoms with Crippen LogP contribution in [0.15, 0.2) is 24.3 Å². The molecule has 1 amide bonds. The van der Waals surface area contributed by atoms with Crippen molar-refractivity contribution in [2.75, 3.05) is 50.6 Å². The van der Waals surface area contributed by atoms with Gasteiger partial charge in [0.05, 0.1) is 37.4 Å². The van der Waals surface area contributed by atoms with Gasteiger partial charge in [-0.15, -0.1) is 0 Å². The van der Waals surface area contributed by atoms with E-state index in [1.165, 1.54) is 41.2 Å². The number of hydrogen-bond donors (Lipinski definition) is 1. The van der Waals surface area contributed by atoms with E-state index in [4.69, 9.17) is 15.2 Å². The third-order valence-corrected chi connectivity index (χ3v) is 6.05. The first kappa shape index (κ1) is 29.1. The molecule has 0 radical (unpaired) electrons. The number of benzene rings is 1. The first-order valence-electron chi connectivity index (χ1n) is 12.6. The summed E-state index contributed by atoms with van der Waals surface area (Å²) in [5.41, 5.74) is 5.95. The number of methoxy groups -OCH3 is 1. The molecule has 1 aromatic heterocycles. The molecule has 0 spiro atoms. The van der Waals surface area contributed by atoms with Gasteiger partial charge in [-0.25, -0.2) is 9.59 Å². The van der Waals surface area contributed by atoms with Gasteiger partial charge in [-0.2, -0.15) is 9.97 Å². The van der Waals surface area contributed by atoms with E-state index in [1.807, 2.05) is 6.92 Å². The van der Waals surface area contributed by atoms with E-state index < -0.39 is 34.4 Å². The largest absolute Gasteiger partial charge is 0.465 e. The number of carbonyl (C=O) groups is 3. The number of amides is 1. The van der Waals surface area contributed by atoms with Crippen LogP contribution in [0.4, 0.5) is 17.3 Å². The molecule has 210 valence electrons. The molecule has 1 aliphatic heterocycles. The van der Waals surface area contributed by atoms with Gasteiger partial charge in [0.2, 0.25) is 11.6 Å². The molecule has 1 saturated heterocycles. The van der Waals surface area contributed by atoms with Gasteiger partial charge in [0.15, 0.2) is 0 Å². The van der Waals surface area contributed by atoms with Crippen LogP contribution in [0.2, 0.25) is 0 Å². The lowest BCUT2D eigenvalue weighted by molar-refractivity contribution is -0.383. The van der Waals surface area contributed by atoms with Gasteiger partial charge in [0.1, 0.15) is 6.04 Å². The van der Waals surface area contributed by atoms with Crippen molar-refractivity contribution in [3.63, 3.8) is 0 Å². The van der Waals surface area contributed by atoms with Gasteiger partial charge in [0.25, 0.3) is 5.91 Å². The van der Waals surface area contributed by atoms with Crippen LogP contribution in [0.3, 0.4) is 0 Å². The number of esters is 2. The molecule has 2 heterocycles. The molecule has 0 saturated carbocycles. The number of nitrogens with zero attached hydrogens (tertiary/aromatic N) is 5. The number of unbranched alkanes of at least 4 members (excludes halogenated alkanes) is 1. The summed E-state index contributed by atoms with van der Waals surface area (Å²) in [5, 5.41) is 12.0. The minimum absolute atomic E-state index is 0.0610. The zero-order valence-electron chi connectivity index (χ0n) is 22.1. The van der Waals surface area contributed by atoms with Crippen molar-refractivity contribution >= 4 is 35.2 Å². The predicted molar refractivity (Wildman–Crippen MR) is 140 cm³/mol. The van der Waals surface area contributed by atoms with Crippen LogP contribution in [0.25, 0.3) is 0 Å². The maximum Gasteiger partial charge on any atom is 0.353 e. The van der Waals surface area contributed by atoms with Crippen molar-refractivity contribution in [1.82, 2.24) is 14.9 Å². The van der Waals surface area contributed by atoms with Crippen molar-refractivity contribution < 1.29 is 33.5 Å². The summed E-state index contributed by atoms with van der Waals surface area (Å²) in [6, 6.07) is 4.66.